The molecule has 0 aromatic heterocycles. The van der Waals surface area contributed by atoms with Crippen molar-refractivity contribution >= 4 is 13.1 Å². The maximum Gasteiger partial charge on any atom is 0.459 e. The zero-order chi connectivity index (χ0) is 18.3. The lowest BCUT2D eigenvalue weighted by Crippen LogP contribution is -2.41. The molecule has 1 fully saturated rings. The molecule has 0 aliphatic carbocycles. The summed E-state index contributed by atoms with van der Waals surface area (Å²) in [5.74, 6) is -1.50. The fourth-order valence-electron chi connectivity index (χ4n) is 2.85. The normalized spacial score (nSPS) is 20.9. The van der Waals surface area contributed by atoms with Gasteiger partial charge in [0.25, 0.3) is 0 Å². The van der Waals surface area contributed by atoms with Gasteiger partial charge in [0.15, 0.2) is 0 Å². The number of hydrogen-bond acceptors (Lipinski definition) is 3. The Hall–Kier alpha value is -1.33. The largest absolute Gasteiger partial charge is 0.481 e. The molecule has 0 radical (unpaired) electrons. The minimum atomic E-state index is -0.853. The molecule has 0 saturated carbocycles. The number of carbonyl (C=O) groups is 1. The molecule has 4 nitrogen and oxygen atoms in total. The van der Waals surface area contributed by atoms with E-state index in [1.165, 1.54) is 5.56 Å². The van der Waals surface area contributed by atoms with Crippen molar-refractivity contribution in [3.8, 4) is 0 Å². The van der Waals surface area contributed by atoms with E-state index in [1.54, 1.807) is 0 Å². The van der Waals surface area contributed by atoms with Gasteiger partial charge in [0, 0.05) is 0 Å². The summed E-state index contributed by atoms with van der Waals surface area (Å²) in [7, 11) is -0.515. The summed E-state index contributed by atoms with van der Waals surface area (Å²) in [4.78, 5) is 11.8. The van der Waals surface area contributed by atoms with E-state index in [-0.39, 0.29) is 5.41 Å². The standard InChI is InChI=1S/C19H29BO4/c1-17(2,3)14-10-8-13(9-11-14)15(16(21)22)12-20-23-18(4,5)19(6,7)24-20/h8-11,15H,12H2,1-7H3,(H,21,22)/t15-/m1/s1. The van der Waals surface area contributed by atoms with Crippen LogP contribution in [-0.2, 0) is 19.5 Å². The van der Waals surface area contributed by atoms with Gasteiger partial charge in [-0.25, -0.2) is 0 Å². The molecule has 5 heteroatoms. The first-order valence-electron chi connectivity index (χ1n) is 8.52. The molecule has 1 heterocycles. The molecule has 0 bridgehead atoms. The third kappa shape index (κ3) is 3.84. The Morgan fingerprint density at radius 1 is 1.08 bits per heavy atom. The van der Waals surface area contributed by atoms with Crippen molar-refractivity contribution in [3.05, 3.63) is 35.4 Å². The highest BCUT2D eigenvalue weighted by atomic mass is 16.7. The van der Waals surface area contributed by atoms with Gasteiger partial charge < -0.3 is 14.4 Å². The quantitative estimate of drug-likeness (QED) is 0.838. The summed E-state index contributed by atoms with van der Waals surface area (Å²) >= 11 is 0. The van der Waals surface area contributed by atoms with Crippen molar-refractivity contribution in [2.24, 2.45) is 0 Å². The second-order valence-electron chi connectivity index (χ2n) is 8.68. The third-order valence-electron chi connectivity index (χ3n) is 5.21. The van der Waals surface area contributed by atoms with Gasteiger partial charge in [-0.1, -0.05) is 45.0 Å². The maximum absolute atomic E-state index is 11.8. The van der Waals surface area contributed by atoms with Gasteiger partial charge in [0.2, 0.25) is 0 Å². The van der Waals surface area contributed by atoms with E-state index >= 15 is 0 Å². The molecule has 0 amide bonds. The molecule has 132 valence electrons. The van der Waals surface area contributed by atoms with E-state index in [0.29, 0.717) is 6.32 Å². The Bertz CT molecular complexity index is 583. The first-order chi connectivity index (χ1) is 10.8. The average molecular weight is 332 g/mol. The number of aliphatic carboxylic acids is 1. The summed E-state index contributed by atoms with van der Waals surface area (Å²) in [6, 6.07) is 7.83. The van der Waals surface area contributed by atoms with Crippen LogP contribution in [0.3, 0.4) is 0 Å². The lowest BCUT2D eigenvalue weighted by Gasteiger charge is -2.32. The number of carboxylic acids is 1. The first kappa shape index (κ1) is 19.0. The van der Waals surface area contributed by atoms with Crippen LogP contribution in [0.5, 0.6) is 0 Å². The van der Waals surface area contributed by atoms with Crippen LogP contribution in [0.2, 0.25) is 6.32 Å². The molecule has 1 aromatic rings. The maximum atomic E-state index is 11.8. The lowest BCUT2D eigenvalue weighted by atomic mass is 9.74. The minimum absolute atomic E-state index is 0.0446. The highest BCUT2D eigenvalue weighted by Gasteiger charge is 2.51. The zero-order valence-electron chi connectivity index (χ0n) is 15.8. The van der Waals surface area contributed by atoms with Crippen molar-refractivity contribution in [1.82, 2.24) is 0 Å². The van der Waals surface area contributed by atoms with Crippen LogP contribution < -0.4 is 0 Å². The smallest absolute Gasteiger partial charge is 0.459 e. The highest BCUT2D eigenvalue weighted by Crippen LogP contribution is 2.40. The number of carboxylic acid groups (broad SMARTS) is 1. The topological polar surface area (TPSA) is 55.8 Å². The van der Waals surface area contributed by atoms with E-state index in [9.17, 15) is 9.90 Å². The predicted octanol–water partition coefficient (Wildman–Crippen LogP) is 4.24. The summed E-state index contributed by atoms with van der Waals surface area (Å²) in [6.45, 7) is 14.3. The molecule has 0 unspecified atom stereocenters. The number of rotatable bonds is 4. The molecule has 24 heavy (non-hydrogen) atoms. The van der Waals surface area contributed by atoms with Crippen molar-refractivity contribution in [1.29, 1.82) is 0 Å². The van der Waals surface area contributed by atoms with Crippen molar-refractivity contribution in [2.75, 3.05) is 0 Å². The third-order valence-corrected chi connectivity index (χ3v) is 5.21. The zero-order valence-corrected chi connectivity index (χ0v) is 15.8. The fourth-order valence-corrected chi connectivity index (χ4v) is 2.85. The number of benzene rings is 1. The Labute approximate surface area is 145 Å². The Balaban J connectivity index is 2.18. The van der Waals surface area contributed by atoms with Gasteiger partial charge in [0.1, 0.15) is 0 Å². The minimum Gasteiger partial charge on any atom is -0.481 e. The summed E-state index contributed by atoms with van der Waals surface area (Å²) in [5.41, 5.74) is 1.12. The van der Waals surface area contributed by atoms with Crippen LogP contribution in [0.15, 0.2) is 24.3 Å². The van der Waals surface area contributed by atoms with Crippen molar-refractivity contribution < 1.29 is 19.2 Å². The van der Waals surface area contributed by atoms with Crippen molar-refractivity contribution in [2.45, 2.75) is 77.3 Å². The van der Waals surface area contributed by atoms with Gasteiger partial charge in [0.05, 0.1) is 17.1 Å². The fraction of sp³-hybridized carbons (Fsp3) is 0.632. The van der Waals surface area contributed by atoms with Crippen LogP contribution >= 0.6 is 0 Å². The molecule has 1 aromatic carbocycles. The molecular formula is C19H29BO4. The Kier molecular flexibility index (Phi) is 4.91. The number of hydrogen-bond donors (Lipinski definition) is 1. The van der Waals surface area contributed by atoms with Gasteiger partial charge in [-0.05, 0) is 50.6 Å². The predicted molar refractivity (Wildman–Crippen MR) is 96.4 cm³/mol. The van der Waals surface area contributed by atoms with E-state index in [2.05, 4.69) is 20.8 Å². The molecule has 1 aliphatic heterocycles. The van der Waals surface area contributed by atoms with Crippen LogP contribution in [-0.4, -0.2) is 29.4 Å². The van der Waals surface area contributed by atoms with E-state index < -0.39 is 30.2 Å². The summed E-state index contributed by atoms with van der Waals surface area (Å²) in [5, 5.41) is 9.67. The van der Waals surface area contributed by atoms with Crippen LogP contribution in [0, 0.1) is 0 Å². The second-order valence-corrected chi connectivity index (χ2v) is 8.68. The van der Waals surface area contributed by atoms with Gasteiger partial charge >= 0.3 is 13.1 Å². The summed E-state index contributed by atoms with van der Waals surface area (Å²) < 4.78 is 11.9. The van der Waals surface area contributed by atoms with Crippen LogP contribution in [0.25, 0.3) is 0 Å². The van der Waals surface area contributed by atoms with Crippen LogP contribution in [0.4, 0.5) is 0 Å². The SMILES string of the molecule is CC(C)(C)c1ccc([C@@H](CB2OC(C)(C)C(C)(C)O2)C(=O)O)cc1. The molecule has 1 N–H and O–H groups in total. The molecule has 1 atom stereocenters. The molecule has 1 saturated heterocycles. The first-order valence-corrected chi connectivity index (χ1v) is 8.52. The van der Waals surface area contributed by atoms with Crippen LogP contribution in [0.1, 0.15) is 65.5 Å². The van der Waals surface area contributed by atoms with Gasteiger partial charge in [-0.15, -0.1) is 0 Å². The van der Waals surface area contributed by atoms with E-state index in [4.69, 9.17) is 9.31 Å². The highest BCUT2D eigenvalue weighted by molar-refractivity contribution is 6.46. The molecule has 1 aliphatic rings. The molecular weight excluding hydrogens is 303 g/mol. The van der Waals surface area contributed by atoms with E-state index in [1.807, 2.05) is 52.0 Å². The molecule has 2 rings (SSSR count). The van der Waals surface area contributed by atoms with Crippen molar-refractivity contribution in [3.63, 3.8) is 0 Å². The lowest BCUT2D eigenvalue weighted by molar-refractivity contribution is -0.138. The van der Waals surface area contributed by atoms with Gasteiger partial charge in [-0.2, -0.15) is 0 Å². The molecule has 0 spiro atoms. The summed E-state index contributed by atoms with van der Waals surface area (Å²) in [6.07, 6.45) is 0.303. The monoisotopic (exact) mass is 332 g/mol. The Morgan fingerprint density at radius 3 is 1.92 bits per heavy atom. The average Bonchev–Trinajstić information content (AvgIpc) is 2.63. The van der Waals surface area contributed by atoms with E-state index in [0.717, 1.165) is 5.56 Å². The van der Waals surface area contributed by atoms with Gasteiger partial charge in [-0.3, -0.25) is 4.79 Å². The second kappa shape index (κ2) is 6.19. The Morgan fingerprint density at radius 2 is 1.54 bits per heavy atom.